The molecule has 2 aromatic carbocycles. The predicted molar refractivity (Wildman–Crippen MR) is 89.9 cm³/mol. The van der Waals surface area contributed by atoms with Crippen LogP contribution >= 0.6 is 47.8 Å². The summed E-state index contributed by atoms with van der Waals surface area (Å²) in [7, 11) is 0. The monoisotopic (exact) mass is 475 g/mol. The van der Waals surface area contributed by atoms with Gasteiger partial charge in [0.2, 0.25) is 0 Å². The number of ether oxygens (including phenoxy) is 1. The lowest BCUT2D eigenvalue weighted by Gasteiger charge is -2.12. The van der Waals surface area contributed by atoms with E-state index in [1.54, 1.807) is 12.1 Å². The summed E-state index contributed by atoms with van der Waals surface area (Å²) in [5, 5.41) is 9.55. The van der Waals surface area contributed by atoms with E-state index < -0.39 is 5.82 Å². The van der Waals surface area contributed by atoms with Gasteiger partial charge in [0.05, 0.1) is 14.5 Å². The Labute approximate surface area is 147 Å². The minimum absolute atomic E-state index is 0.0175. The Hall–Kier alpha value is -0.900. The number of nitriles is 1. The molecule has 0 aliphatic heterocycles. The second-order valence-corrected chi connectivity index (χ2v) is 6.47. The number of alkyl halides is 1. The molecule has 0 spiro atoms. The number of hydrogen-bond donors (Lipinski definition) is 0. The Morgan fingerprint density at radius 1 is 1.19 bits per heavy atom. The highest BCUT2D eigenvalue weighted by atomic mass is 79.9. The molecule has 0 atom stereocenters. The molecule has 108 valence electrons. The molecule has 0 bridgehead atoms. The van der Waals surface area contributed by atoms with Gasteiger partial charge in [-0.3, -0.25) is 0 Å². The average molecular weight is 478 g/mol. The number of benzene rings is 2. The highest BCUT2D eigenvalue weighted by Crippen LogP contribution is 2.36. The Bertz CT molecular complexity index is 690. The molecule has 2 nitrogen and oxygen atoms in total. The van der Waals surface area contributed by atoms with Crippen molar-refractivity contribution in [1.29, 1.82) is 5.26 Å². The van der Waals surface area contributed by atoms with Crippen LogP contribution in [0, 0.1) is 17.1 Å². The van der Waals surface area contributed by atoms with Crippen LogP contribution in [0.15, 0.2) is 39.3 Å². The lowest BCUT2D eigenvalue weighted by Crippen LogP contribution is -2.01. The van der Waals surface area contributed by atoms with Crippen LogP contribution in [0.4, 0.5) is 4.39 Å². The molecule has 0 amide bonds. The summed E-state index contributed by atoms with van der Waals surface area (Å²) in [6.45, 7) is 0.0478. The zero-order valence-corrected chi connectivity index (χ0v) is 15.4. The molecule has 21 heavy (non-hydrogen) atoms. The maximum atomic E-state index is 14.0. The molecule has 0 fully saturated rings. The number of halogens is 4. The Balaban J connectivity index is 2.23. The van der Waals surface area contributed by atoms with E-state index >= 15 is 0 Å². The standard InChI is InChI=1S/C15H9Br3FNO/c16-6-9-4-12(17)15(13(18)5-9)21-8-11-3-1-2-10(7-20)14(11)19/h1-5H,6,8H2. The lowest BCUT2D eigenvalue weighted by atomic mass is 10.1. The largest absolute Gasteiger partial charge is 0.486 e. The van der Waals surface area contributed by atoms with Gasteiger partial charge in [0.25, 0.3) is 0 Å². The summed E-state index contributed by atoms with van der Waals surface area (Å²) in [5.74, 6) is 0.0609. The topological polar surface area (TPSA) is 33.0 Å². The van der Waals surface area contributed by atoms with Crippen LogP contribution in [0.3, 0.4) is 0 Å². The van der Waals surface area contributed by atoms with Crippen molar-refractivity contribution in [2.45, 2.75) is 11.9 Å². The SMILES string of the molecule is N#Cc1cccc(COc2c(Br)cc(CBr)cc2Br)c1F. The summed E-state index contributed by atoms with van der Waals surface area (Å²) in [5.41, 5.74) is 1.44. The number of hydrogen-bond acceptors (Lipinski definition) is 2. The van der Waals surface area contributed by atoms with E-state index in [0.29, 0.717) is 11.3 Å². The van der Waals surface area contributed by atoms with Gasteiger partial charge in [-0.15, -0.1) is 0 Å². The van der Waals surface area contributed by atoms with E-state index in [1.807, 2.05) is 18.2 Å². The first kappa shape index (κ1) is 16.5. The minimum Gasteiger partial charge on any atom is -0.486 e. The highest BCUT2D eigenvalue weighted by Gasteiger charge is 2.12. The third kappa shape index (κ3) is 3.85. The van der Waals surface area contributed by atoms with Crippen LogP contribution in [-0.2, 0) is 11.9 Å². The molecule has 6 heteroatoms. The molecule has 0 N–H and O–H groups in total. The molecule has 0 aliphatic rings. The van der Waals surface area contributed by atoms with Gasteiger partial charge in [-0.1, -0.05) is 28.1 Å². The number of rotatable bonds is 4. The molecule has 2 rings (SSSR count). The van der Waals surface area contributed by atoms with Gasteiger partial charge in [0.15, 0.2) is 0 Å². The van der Waals surface area contributed by atoms with Crippen molar-refractivity contribution >= 4 is 47.8 Å². The van der Waals surface area contributed by atoms with Crippen LogP contribution in [0.5, 0.6) is 5.75 Å². The quantitative estimate of drug-likeness (QED) is 0.529. The van der Waals surface area contributed by atoms with E-state index in [9.17, 15) is 4.39 Å². The lowest BCUT2D eigenvalue weighted by molar-refractivity contribution is 0.296. The van der Waals surface area contributed by atoms with Crippen molar-refractivity contribution in [2.24, 2.45) is 0 Å². The van der Waals surface area contributed by atoms with Gasteiger partial charge < -0.3 is 4.74 Å². The summed E-state index contributed by atoms with van der Waals surface area (Å²) in [6, 6.07) is 10.4. The van der Waals surface area contributed by atoms with Crippen LogP contribution in [0.1, 0.15) is 16.7 Å². The van der Waals surface area contributed by atoms with Gasteiger partial charge in [-0.05, 0) is 55.6 Å². The van der Waals surface area contributed by atoms with Gasteiger partial charge in [0, 0.05) is 10.9 Å². The van der Waals surface area contributed by atoms with Crippen molar-refractivity contribution in [3.63, 3.8) is 0 Å². The normalized spacial score (nSPS) is 10.2. The van der Waals surface area contributed by atoms with Crippen LogP contribution in [-0.4, -0.2) is 0 Å². The van der Waals surface area contributed by atoms with Gasteiger partial charge >= 0.3 is 0 Å². The maximum Gasteiger partial charge on any atom is 0.148 e. The average Bonchev–Trinajstić information content (AvgIpc) is 2.47. The Morgan fingerprint density at radius 2 is 1.86 bits per heavy atom. The number of nitrogens with zero attached hydrogens (tertiary/aromatic N) is 1. The fourth-order valence-electron chi connectivity index (χ4n) is 1.75. The first-order chi connectivity index (χ1) is 10.1. The Kier molecular flexibility index (Phi) is 5.80. The minimum atomic E-state index is -0.538. The fourth-order valence-corrected chi connectivity index (χ4v) is 3.59. The van der Waals surface area contributed by atoms with E-state index in [1.165, 1.54) is 6.07 Å². The second kappa shape index (κ2) is 7.39. The first-order valence-electron chi connectivity index (χ1n) is 5.91. The van der Waals surface area contributed by atoms with Crippen molar-refractivity contribution in [3.8, 4) is 11.8 Å². The summed E-state index contributed by atoms with van der Waals surface area (Å²) >= 11 is 10.3. The zero-order chi connectivity index (χ0) is 15.4. The van der Waals surface area contributed by atoms with Gasteiger partial charge in [-0.25, -0.2) is 4.39 Å². The van der Waals surface area contributed by atoms with E-state index in [4.69, 9.17) is 10.00 Å². The maximum absolute atomic E-state index is 14.0. The predicted octanol–water partition coefficient (Wildman–Crippen LogP) is 5.70. The summed E-state index contributed by atoms with van der Waals surface area (Å²) < 4.78 is 21.2. The molecule has 2 aromatic rings. The van der Waals surface area contributed by atoms with Crippen molar-refractivity contribution in [3.05, 3.63) is 61.8 Å². The van der Waals surface area contributed by atoms with Gasteiger partial charge in [0.1, 0.15) is 24.2 Å². The molecule has 0 saturated carbocycles. The fraction of sp³-hybridized carbons (Fsp3) is 0.133. The third-order valence-corrected chi connectivity index (χ3v) is 4.61. The van der Waals surface area contributed by atoms with E-state index in [2.05, 4.69) is 47.8 Å². The highest BCUT2D eigenvalue weighted by molar-refractivity contribution is 9.11. The summed E-state index contributed by atoms with van der Waals surface area (Å²) in [4.78, 5) is 0. The first-order valence-corrected chi connectivity index (χ1v) is 8.61. The van der Waals surface area contributed by atoms with E-state index in [-0.39, 0.29) is 12.2 Å². The van der Waals surface area contributed by atoms with Crippen molar-refractivity contribution in [2.75, 3.05) is 0 Å². The van der Waals surface area contributed by atoms with Gasteiger partial charge in [-0.2, -0.15) is 5.26 Å². The van der Waals surface area contributed by atoms with E-state index in [0.717, 1.165) is 19.8 Å². The van der Waals surface area contributed by atoms with Crippen LogP contribution in [0.2, 0.25) is 0 Å². The molecule has 0 aliphatic carbocycles. The molecule has 0 aromatic heterocycles. The van der Waals surface area contributed by atoms with Crippen molar-refractivity contribution in [1.82, 2.24) is 0 Å². The second-order valence-electron chi connectivity index (χ2n) is 4.20. The molecule has 0 saturated heterocycles. The zero-order valence-electron chi connectivity index (χ0n) is 10.7. The molecule has 0 heterocycles. The smallest absolute Gasteiger partial charge is 0.148 e. The Morgan fingerprint density at radius 3 is 2.43 bits per heavy atom. The molecular formula is C15H9Br3FNO. The third-order valence-electron chi connectivity index (χ3n) is 2.78. The molecule has 0 unspecified atom stereocenters. The van der Waals surface area contributed by atoms with Crippen LogP contribution in [0.25, 0.3) is 0 Å². The summed E-state index contributed by atoms with van der Waals surface area (Å²) in [6.07, 6.45) is 0. The molecule has 0 radical (unpaired) electrons. The van der Waals surface area contributed by atoms with Crippen LogP contribution < -0.4 is 4.74 Å². The van der Waals surface area contributed by atoms with Crippen molar-refractivity contribution < 1.29 is 9.13 Å². The molecular weight excluding hydrogens is 469 g/mol.